The van der Waals surface area contributed by atoms with Gasteiger partial charge in [0.2, 0.25) is 0 Å². The highest BCUT2D eigenvalue weighted by molar-refractivity contribution is 7.10. The molecule has 2 aliphatic heterocycles. The van der Waals surface area contributed by atoms with Crippen LogP contribution >= 0.6 is 11.3 Å². The lowest BCUT2D eigenvalue weighted by atomic mass is 9.88. The maximum Gasteiger partial charge on any atom is 0.191 e. The Kier molecular flexibility index (Phi) is 8.82. The van der Waals surface area contributed by atoms with Crippen molar-refractivity contribution in [2.24, 2.45) is 16.8 Å². The number of likely N-dealkylation sites (tertiary alicyclic amines) is 2. The average Bonchev–Trinajstić information content (AvgIpc) is 3.24. The van der Waals surface area contributed by atoms with E-state index in [1.807, 2.05) is 11.3 Å². The summed E-state index contributed by atoms with van der Waals surface area (Å²) in [6.45, 7) is 13.2. The molecule has 6 heteroatoms. The lowest BCUT2D eigenvalue weighted by molar-refractivity contribution is 0.125. The summed E-state index contributed by atoms with van der Waals surface area (Å²) in [4.78, 5) is 11.6. The molecule has 5 nitrogen and oxygen atoms in total. The lowest BCUT2D eigenvalue weighted by Gasteiger charge is -2.39. The molecular weight excluding hydrogens is 378 g/mol. The molecule has 0 bridgehead atoms. The van der Waals surface area contributed by atoms with E-state index in [0.29, 0.717) is 23.9 Å². The minimum Gasteiger partial charge on any atom is -0.357 e. The van der Waals surface area contributed by atoms with Gasteiger partial charge in [0.05, 0.1) is 0 Å². The van der Waals surface area contributed by atoms with E-state index in [2.05, 4.69) is 65.8 Å². The summed E-state index contributed by atoms with van der Waals surface area (Å²) in [5.41, 5.74) is 0. The maximum atomic E-state index is 4.98. The minimum atomic E-state index is 0.525. The van der Waals surface area contributed by atoms with Crippen molar-refractivity contribution in [3.63, 3.8) is 0 Å². The number of aliphatic imine (C=N–C) groups is 1. The summed E-state index contributed by atoms with van der Waals surface area (Å²) in [6.07, 6.45) is 5.18. The van der Waals surface area contributed by atoms with Crippen LogP contribution in [-0.2, 0) is 0 Å². The van der Waals surface area contributed by atoms with Crippen molar-refractivity contribution < 1.29 is 0 Å². The van der Waals surface area contributed by atoms with Crippen LogP contribution in [-0.4, -0.2) is 68.1 Å². The molecule has 2 aliphatic rings. The van der Waals surface area contributed by atoms with Crippen LogP contribution in [0, 0.1) is 11.8 Å². The van der Waals surface area contributed by atoms with Gasteiger partial charge in [0.15, 0.2) is 5.96 Å². The van der Waals surface area contributed by atoms with Crippen LogP contribution < -0.4 is 10.6 Å². The van der Waals surface area contributed by atoms with Crippen LogP contribution in [0.4, 0.5) is 0 Å². The van der Waals surface area contributed by atoms with Gasteiger partial charge in [-0.15, -0.1) is 11.3 Å². The fourth-order valence-corrected chi connectivity index (χ4v) is 5.87. The van der Waals surface area contributed by atoms with Crippen LogP contribution in [0.2, 0.25) is 0 Å². The molecule has 3 heterocycles. The standard InChI is InChI=1S/C23H41N5S/c1-5-24-23(25-15-19-9-6-13-28(17-19)18(2)3)26-16-20-10-7-12-27(4)22(20)21-11-8-14-29-21/h8,11,14,18-20,22H,5-7,9-10,12-13,15-17H2,1-4H3,(H2,24,25,26). The number of hydrogen-bond acceptors (Lipinski definition) is 4. The topological polar surface area (TPSA) is 42.9 Å². The molecule has 164 valence electrons. The number of nitrogens with zero attached hydrogens (tertiary/aromatic N) is 3. The van der Waals surface area contributed by atoms with Gasteiger partial charge in [0, 0.05) is 43.1 Å². The first-order valence-electron chi connectivity index (χ1n) is 11.6. The molecule has 2 fully saturated rings. The minimum absolute atomic E-state index is 0.525. The zero-order valence-electron chi connectivity index (χ0n) is 18.9. The van der Waals surface area contributed by atoms with Crippen LogP contribution in [0.3, 0.4) is 0 Å². The second-order valence-electron chi connectivity index (χ2n) is 9.04. The number of hydrogen-bond donors (Lipinski definition) is 2. The second kappa shape index (κ2) is 11.3. The highest BCUT2D eigenvalue weighted by atomic mass is 32.1. The molecule has 3 atom stereocenters. The molecule has 0 aliphatic carbocycles. The van der Waals surface area contributed by atoms with E-state index in [-0.39, 0.29) is 0 Å². The number of piperidine rings is 2. The van der Waals surface area contributed by atoms with Crippen molar-refractivity contribution in [3.8, 4) is 0 Å². The summed E-state index contributed by atoms with van der Waals surface area (Å²) < 4.78 is 0. The Morgan fingerprint density at radius 2 is 2.07 bits per heavy atom. The molecular formula is C23H41N5S. The maximum absolute atomic E-state index is 4.98. The molecule has 0 radical (unpaired) electrons. The second-order valence-corrected chi connectivity index (χ2v) is 10.0. The zero-order valence-corrected chi connectivity index (χ0v) is 19.7. The monoisotopic (exact) mass is 419 g/mol. The number of guanidine groups is 1. The van der Waals surface area contributed by atoms with E-state index < -0.39 is 0 Å². The van der Waals surface area contributed by atoms with Crippen LogP contribution in [0.1, 0.15) is 57.4 Å². The molecule has 3 rings (SSSR count). The fourth-order valence-electron chi connectivity index (χ4n) is 4.89. The Hall–Kier alpha value is -1.11. The van der Waals surface area contributed by atoms with E-state index in [9.17, 15) is 0 Å². The quantitative estimate of drug-likeness (QED) is 0.521. The molecule has 1 aromatic heterocycles. The van der Waals surface area contributed by atoms with E-state index in [1.165, 1.54) is 50.2 Å². The molecule has 0 amide bonds. The molecule has 0 aromatic carbocycles. The Labute approximate surface area is 182 Å². The van der Waals surface area contributed by atoms with Gasteiger partial charge in [-0.3, -0.25) is 9.89 Å². The summed E-state index contributed by atoms with van der Waals surface area (Å²) in [7, 11) is 2.28. The van der Waals surface area contributed by atoms with Crippen molar-refractivity contribution in [3.05, 3.63) is 22.4 Å². The van der Waals surface area contributed by atoms with E-state index >= 15 is 0 Å². The van der Waals surface area contributed by atoms with Crippen molar-refractivity contribution in [1.29, 1.82) is 0 Å². The highest BCUT2D eigenvalue weighted by Gasteiger charge is 2.31. The van der Waals surface area contributed by atoms with Crippen LogP contribution in [0.25, 0.3) is 0 Å². The fraction of sp³-hybridized carbons (Fsp3) is 0.783. The van der Waals surface area contributed by atoms with Gasteiger partial charge in [-0.05, 0) is 89.9 Å². The summed E-state index contributed by atoms with van der Waals surface area (Å²) in [6, 6.07) is 5.65. The third kappa shape index (κ3) is 6.43. The molecule has 0 spiro atoms. The summed E-state index contributed by atoms with van der Waals surface area (Å²) >= 11 is 1.89. The van der Waals surface area contributed by atoms with Crippen molar-refractivity contribution in [2.75, 3.05) is 46.3 Å². The summed E-state index contributed by atoms with van der Waals surface area (Å²) in [5.74, 6) is 2.30. The van der Waals surface area contributed by atoms with E-state index in [1.54, 1.807) is 0 Å². The van der Waals surface area contributed by atoms with E-state index in [4.69, 9.17) is 4.99 Å². The van der Waals surface area contributed by atoms with Gasteiger partial charge in [-0.25, -0.2) is 0 Å². The number of rotatable bonds is 7. The van der Waals surface area contributed by atoms with Crippen LogP contribution in [0.5, 0.6) is 0 Å². The van der Waals surface area contributed by atoms with Gasteiger partial charge < -0.3 is 15.5 Å². The van der Waals surface area contributed by atoms with Gasteiger partial charge in [-0.2, -0.15) is 0 Å². The number of nitrogens with one attached hydrogen (secondary N) is 2. The third-order valence-electron chi connectivity index (χ3n) is 6.51. The largest absolute Gasteiger partial charge is 0.357 e. The Morgan fingerprint density at radius 3 is 2.79 bits per heavy atom. The SMILES string of the molecule is CCNC(=NCC1CCCN(C(C)C)C1)NCC1CCCN(C)C1c1cccs1. The molecule has 1 aromatic rings. The van der Waals surface area contributed by atoms with Gasteiger partial charge >= 0.3 is 0 Å². The first-order valence-corrected chi connectivity index (χ1v) is 12.5. The smallest absolute Gasteiger partial charge is 0.191 e. The first kappa shape index (κ1) is 22.6. The van der Waals surface area contributed by atoms with Crippen molar-refractivity contribution in [2.45, 2.75) is 58.5 Å². The zero-order chi connectivity index (χ0) is 20.6. The molecule has 29 heavy (non-hydrogen) atoms. The molecule has 2 saturated heterocycles. The number of thiophene rings is 1. The Bertz CT molecular complexity index is 615. The van der Waals surface area contributed by atoms with Gasteiger partial charge in [0.1, 0.15) is 0 Å². The van der Waals surface area contributed by atoms with E-state index in [0.717, 1.165) is 25.6 Å². The van der Waals surface area contributed by atoms with Crippen molar-refractivity contribution >= 4 is 17.3 Å². The van der Waals surface area contributed by atoms with Crippen LogP contribution in [0.15, 0.2) is 22.5 Å². The predicted molar refractivity (Wildman–Crippen MR) is 126 cm³/mol. The van der Waals surface area contributed by atoms with Gasteiger partial charge in [-0.1, -0.05) is 6.07 Å². The predicted octanol–water partition coefficient (Wildman–Crippen LogP) is 3.81. The first-order chi connectivity index (χ1) is 14.1. The Balaban J connectivity index is 1.57. The molecule has 3 unspecified atom stereocenters. The lowest BCUT2D eigenvalue weighted by Crippen LogP contribution is -2.45. The van der Waals surface area contributed by atoms with Gasteiger partial charge in [0.25, 0.3) is 0 Å². The van der Waals surface area contributed by atoms with Crippen molar-refractivity contribution in [1.82, 2.24) is 20.4 Å². The highest BCUT2D eigenvalue weighted by Crippen LogP contribution is 2.36. The normalized spacial score (nSPS) is 27.3. The third-order valence-corrected chi connectivity index (χ3v) is 7.45. The Morgan fingerprint density at radius 1 is 1.24 bits per heavy atom. The molecule has 2 N–H and O–H groups in total. The molecule has 0 saturated carbocycles. The average molecular weight is 420 g/mol. The summed E-state index contributed by atoms with van der Waals surface area (Å²) in [5, 5.41) is 9.36.